The van der Waals surface area contributed by atoms with Crippen LogP contribution in [0.4, 0.5) is 4.39 Å². The van der Waals surface area contributed by atoms with Gasteiger partial charge in [0.2, 0.25) is 0 Å². The Labute approximate surface area is 231 Å². The van der Waals surface area contributed by atoms with Crippen LogP contribution in [0, 0.1) is 23.6 Å². The number of benzene rings is 3. The molecule has 1 fully saturated rings. The standard InChI is InChI=1S/C32H30FNO6/c1-3-39-31(36)21-11-9-20(10-12-21)24-16-25(27(38-2)17-26(24)33)30(35)34-29-23-14-13-22(15-23)28(29)32(37)40-18-19-7-5-4-6-8-19/h4-14,16-17,22-23,28-29H,3,15,18H2,1-2H3,(H,34,35)/t22-,23+,28+,29-/m1/s1. The summed E-state index contributed by atoms with van der Waals surface area (Å²) >= 11 is 0. The van der Waals surface area contributed by atoms with Crippen LogP contribution in [0.25, 0.3) is 11.1 Å². The molecule has 3 aromatic carbocycles. The van der Waals surface area contributed by atoms with Gasteiger partial charge in [0.1, 0.15) is 18.2 Å². The first-order chi connectivity index (χ1) is 19.4. The Morgan fingerprint density at radius 1 is 0.950 bits per heavy atom. The second-order valence-corrected chi connectivity index (χ2v) is 9.90. The summed E-state index contributed by atoms with van der Waals surface area (Å²) in [5.41, 5.74) is 2.01. The molecule has 1 N–H and O–H groups in total. The number of nitrogens with one attached hydrogen (secondary N) is 1. The SMILES string of the molecule is CCOC(=O)c1ccc(-c2cc(C(=O)N[C@H]3[C@@H](C(=O)OCc4ccccc4)[C@@H]4C=C[C@H]3C4)c(OC)cc2F)cc1. The zero-order chi connectivity index (χ0) is 28.2. The topological polar surface area (TPSA) is 90.9 Å². The van der Waals surface area contributed by atoms with Crippen molar-refractivity contribution in [1.82, 2.24) is 5.32 Å². The van der Waals surface area contributed by atoms with Gasteiger partial charge >= 0.3 is 11.9 Å². The minimum Gasteiger partial charge on any atom is -0.496 e. The lowest BCUT2D eigenvalue weighted by Crippen LogP contribution is -2.46. The summed E-state index contributed by atoms with van der Waals surface area (Å²) in [7, 11) is 1.36. The van der Waals surface area contributed by atoms with E-state index in [2.05, 4.69) is 5.32 Å². The van der Waals surface area contributed by atoms with Gasteiger partial charge in [0.25, 0.3) is 5.91 Å². The molecule has 8 heteroatoms. The van der Waals surface area contributed by atoms with Crippen molar-refractivity contribution < 1.29 is 33.0 Å². The van der Waals surface area contributed by atoms with Gasteiger partial charge in [-0.05, 0) is 54.5 Å². The number of hydrogen-bond acceptors (Lipinski definition) is 6. The maximum atomic E-state index is 15.1. The van der Waals surface area contributed by atoms with Crippen LogP contribution in [-0.2, 0) is 20.9 Å². The molecule has 1 amide bonds. The summed E-state index contributed by atoms with van der Waals surface area (Å²) in [6.45, 7) is 2.12. The quantitative estimate of drug-likeness (QED) is 0.289. The number of amides is 1. The fraction of sp³-hybridized carbons (Fsp3) is 0.281. The van der Waals surface area contributed by atoms with Gasteiger partial charge < -0.3 is 19.5 Å². The molecule has 1 saturated carbocycles. The molecule has 0 spiro atoms. The fourth-order valence-corrected chi connectivity index (χ4v) is 5.52. The highest BCUT2D eigenvalue weighted by Crippen LogP contribution is 2.44. The number of esters is 2. The average molecular weight is 544 g/mol. The summed E-state index contributed by atoms with van der Waals surface area (Å²) in [4.78, 5) is 38.7. The molecule has 4 atom stereocenters. The molecule has 3 aromatic rings. The number of allylic oxidation sites excluding steroid dienone is 1. The smallest absolute Gasteiger partial charge is 0.338 e. The second kappa shape index (κ2) is 11.7. The van der Waals surface area contributed by atoms with Gasteiger partial charge in [-0.25, -0.2) is 9.18 Å². The Kier molecular flexibility index (Phi) is 7.96. The van der Waals surface area contributed by atoms with Crippen molar-refractivity contribution in [2.75, 3.05) is 13.7 Å². The lowest BCUT2D eigenvalue weighted by atomic mass is 9.88. The Hall–Kier alpha value is -4.46. The van der Waals surface area contributed by atoms with E-state index in [0.717, 1.165) is 18.1 Å². The number of fused-ring (bicyclic) bond motifs is 2. The van der Waals surface area contributed by atoms with Gasteiger partial charge in [0.15, 0.2) is 0 Å². The van der Waals surface area contributed by atoms with Crippen LogP contribution in [0.2, 0.25) is 0 Å². The van der Waals surface area contributed by atoms with Crippen LogP contribution >= 0.6 is 0 Å². The Morgan fingerprint density at radius 2 is 1.68 bits per heavy atom. The van der Waals surface area contributed by atoms with Crippen molar-refractivity contribution in [1.29, 1.82) is 0 Å². The van der Waals surface area contributed by atoms with Crippen molar-refractivity contribution in [3.8, 4) is 16.9 Å². The normalized spacial score (nSPS) is 20.7. The maximum absolute atomic E-state index is 15.1. The van der Waals surface area contributed by atoms with E-state index >= 15 is 4.39 Å². The summed E-state index contributed by atoms with van der Waals surface area (Å²) < 4.78 is 31.1. The van der Waals surface area contributed by atoms with Gasteiger partial charge in [0, 0.05) is 17.7 Å². The largest absolute Gasteiger partial charge is 0.496 e. The first kappa shape index (κ1) is 27.1. The molecular formula is C32H30FNO6. The molecule has 2 bridgehead atoms. The number of hydrogen-bond donors (Lipinski definition) is 1. The van der Waals surface area contributed by atoms with Crippen LogP contribution in [0.3, 0.4) is 0 Å². The van der Waals surface area contributed by atoms with Gasteiger partial charge in [-0.2, -0.15) is 0 Å². The highest BCUT2D eigenvalue weighted by atomic mass is 19.1. The predicted molar refractivity (Wildman–Crippen MR) is 146 cm³/mol. The zero-order valence-corrected chi connectivity index (χ0v) is 22.3. The monoisotopic (exact) mass is 543 g/mol. The molecule has 2 aliphatic rings. The van der Waals surface area contributed by atoms with E-state index in [1.807, 2.05) is 42.5 Å². The van der Waals surface area contributed by atoms with E-state index in [9.17, 15) is 14.4 Å². The first-order valence-corrected chi connectivity index (χ1v) is 13.2. The van der Waals surface area contributed by atoms with E-state index < -0.39 is 29.7 Å². The fourth-order valence-electron chi connectivity index (χ4n) is 5.52. The van der Waals surface area contributed by atoms with E-state index in [-0.39, 0.29) is 47.9 Å². The zero-order valence-electron chi connectivity index (χ0n) is 22.3. The van der Waals surface area contributed by atoms with Crippen molar-refractivity contribution in [3.63, 3.8) is 0 Å². The van der Waals surface area contributed by atoms with E-state index in [1.54, 1.807) is 31.2 Å². The molecule has 0 heterocycles. The third-order valence-electron chi connectivity index (χ3n) is 7.49. The van der Waals surface area contributed by atoms with Gasteiger partial charge in [-0.15, -0.1) is 0 Å². The number of rotatable bonds is 9. The number of methoxy groups -OCH3 is 1. The summed E-state index contributed by atoms with van der Waals surface area (Å²) in [5.74, 6) is -2.38. The van der Waals surface area contributed by atoms with Crippen molar-refractivity contribution >= 4 is 17.8 Å². The molecule has 7 nitrogen and oxygen atoms in total. The van der Waals surface area contributed by atoms with Crippen LogP contribution in [0.1, 0.15) is 39.6 Å². The van der Waals surface area contributed by atoms with Gasteiger partial charge in [-0.3, -0.25) is 9.59 Å². The first-order valence-electron chi connectivity index (χ1n) is 13.2. The molecular weight excluding hydrogens is 513 g/mol. The Balaban J connectivity index is 1.36. The number of carbonyl (C=O) groups excluding carboxylic acids is 3. The highest BCUT2D eigenvalue weighted by molar-refractivity contribution is 5.99. The number of carbonyl (C=O) groups is 3. The molecule has 0 radical (unpaired) electrons. The molecule has 0 aliphatic heterocycles. The van der Waals surface area contributed by atoms with Crippen LogP contribution < -0.4 is 10.1 Å². The molecule has 40 heavy (non-hydrogen) atoms. The minimum absolute atomic E-state index is 0.00967. The molecule has 2 aliphatic carbocycles. The van der Waals surface area contributed by atoms with E-state index in [0.29, 0.717) is 11.1 Å². The third kappa shape index (κ3) is 5.47. The predicted octanol–water partition coefficient (Wildman–Crippen LogP) is 5.34. The summed E-state index contributed by atoms with van der Waals surface area (Å²) in [6, 6.07) is 17.8. The summed E-state index contributed by atoms with van der Waals surface area (Å²) in [6.07, 6.45) is 4.78. The van der Waals surface area contributed by atoms with Crippen molar-refractivity contribution in [3.05, 3.63) is 101 Å². The molecule has 0 aromatic heterocycles. The molecule has 5 rings (SSSR count). The number of halogens is 1. The van der Waals surface area contributed by atoms with Crippen molar-refractivity contribution in [2.45, 2.75) is 26.0 Å². The lowest BCUT2D eigenvalue weighted by molar-refractivity contribution is -0.151. The third-order valence-corrected chi connectivity index (χ3v) is 7.49. The average Bonchev–Trinajstić information content (AvgIpc) is 3.58. The number of ether oxygens (including phenoxy) is 3. The lowest BCUT2D eigenvalue weighted by Gasteiger charge is -2.27. The Morgan fingerprint density at radius 3 is 2.38 bits per heavy atom. The Bertz CT molecular complexity index is 1440. The van der Waals surface area contributed by atoms with E-state index in [1.165, 1.54) is 13.2 Å². The van der Waals surface area contributed by atoms with Crippen LogP contribution in [-0.4, -0.2) is 37.6 Å². The van der Waals surface area contributed by atoms with Crippen LogP contribution in [0.15, 0.2) is 78.9 Å². The molecule has 0 unspecified atom stereocenters. The maximum Gasteiger partial charge on any atom is 0.338 e. The van der Waals surface area contributed by atoms with Crippen LogP contribution in [0.5, 0.6) is 5.75 Å². The second-order valence-electron chi connectivity index (χ2n) is 9.90. The van der Waals surface area contributed by atoms with Crippen molar-refractivity contribution in [2.24, 2.45) is 17.8 Å². The highest BCUT2D eigenvalue weighted by Gasteiger charge is 2.49. The summed E-state index contributed by atoms with van der Waals surface area (Å²) in [5, 5.41) is 3.01. The minimum atomic E-state index is -0.581. The molecule has 206 valence electrons. The molecule has 0 saturated heterocycles. The van der Waals surface area contributed by atoms with Gasteiger partial charge in [0.05, 0.1) is 30.8 Å². The van der Waals surface area contributed by atoms with E-state index in [4.69, 9.17) is 14.2 Å². The van der Waals surface area contributed by atoms with Gasteiger partial charge in [-0.1, -0.05) is 54.6 Å².